The first-order valence-electron chi connectivity index (χ1n) is 8.55. The third-order valence-electron chi connectivity index (χ3n) is 4.34. The van der Waals surface area contributed by atoms with Crippen LogP contribution in [0.5, 0.6) is 0 Å². The zero-order valence-electron chi connectivity index (χ0n) is 14.8. The van der Waals surface area contributed by atoms with E-state index in [4.69, 9.17) is 0 Å². The van der Waals surface area contributed by atoms with E-state index in [1.165, 1.54) is 0 Å². The van der Waals surface area contributed by atoms with Gasteiger partial charge in [0.2, 0.25) is 11.8 Å². The summed E-state index contributed by atoms with van der Waals surface area (Å²) < 4.78 is 0. The Balaban J connectivity index is 1.72. The van der Waals surface area contributed by atoms with Crippen LogP contribution in [-0.2, 0) is 9.59 Å². The zero-order chi connectivity index (χ0) is 18.2. The van der Waals surface area contributed by atoms with Gasteiger partial charge in [-0.2, -0.15) is 0 Å². The van der Waals surface area contributed by atoms with Gasteiger partial charge in [-0.05, 0) is 36.5 Å². The Kier molecular flexibility index (Phi) is 4.41. The lowest BCUT2D eigenvalue weighted by Crippen LogP contribution is -2.44. The first kappa shape index (κ1) is 17.3. The van der Waals surface area contributed by atoms with Crippen molar-refractivity contribution in [1.29, 1.82) is 0 Å². The normalized spacial score (nSPS) is 17.9. The number of benzene rings is 1. The summed E-state index contributed by atoms with van der Waals surface area (Å²) in [5, 5.41) is 2.86. The predicted molar refractivity (Wildman–Crippen MR) is 96.4 cm³/mol. The Morgan fingerprint density at radius 1 is 1.24 bits per heavy atom. The minimum atomic E-state index is -0.434. The maximum atomic E-state index is 12.7. The molecule has 1 saturated heterocycles. The molecule has 1 aromatic carbocycles. The highest BCUT2D eigenvalue weighted by atomic mass is 16.2. The number of imidazole rings is 1. The number of hydrogen-bond donors (Lipinski definition) is 3. The molecule has 3 rings (SSSR count). The quantitative estimate of drug-likeness (QED) is 0.796. The van der Waals surface area contributed by atoms with Crippen molar-refractivity contribution in [3.05, 3.63) is 28.7 Å². The fourth-order valence-corrected chi connectivity index (χ4v) is 3.23. The lowest BCUT2D eigenvalue weighted by atomic mass is 9.91. The molecule has 0 unspecified atom stereocenters. The number of amides is 2. The third-order valence-corrected chi connectivity index (χ3v) is 4.34. The Labute approximate surface area is 145 Å². The second-order valence-corrected chi connectivity index (χ2v) is 7.81. The molecule has 7 nitrogen and oxygen atoms in total. The molecule has 2 heterocycles. The molecule has 1 atom stereocenters. The number of carbonyl (C=O) groups is 2. The number of aromatic nitrogens is 2. The number of carbonyl (C=O) groups excluding carboxylic acids is 2. The van der Waals surface area contributed by atoms with Crippen molar-refractivity contribution in [2.24, 2.45) is 5.41 Å². The van der Waals surface area contributed by atoms with Gasteiger partial charge in [0, 0.05) is 18.7 Å². The smallest absolute Gasteiger partial charge is 0.323 e. The number of anilines is 1. The van der Waals surface area contributed by atoms with Gasteiger partial charge in [-0.25, -0.2) is 4.79 Å². The van der Waals surface area contributed by atoms with Crippen LogP contribution in [0.1, 0.15) is 40.0 Å². The zero-order valence-corrected chi connectivity index (χ0v) is 14.8. The van der Waals surface area contributed by atoms with Crippen molar-refractivity contribution in [2.45, 2.75) is 46.1 Å². The van der Waals surface area contributed by atoms with E-state index in [1.807, 2.05) is 20.8 Å². The maximum Gasteiger partial charge on any atom is 0.323 e. The molecule has 0 spiro atoms. The minimum absolute atomic E-state index is 0.0237. The molecule has 1 aliphatic heterocycles. The number of fused-ring (bicyclic) bond motifs is 1. The fraction of sp³-hybridized carbons (Fsp3) is 0.500. The van der Waals surface area contributed by atoms with E-state index in [9.17, 15) is 14.4 Å². The molecule has 0 saturated carbocycles. The van der Waals surface area contributed by atoms with Crippen molar-refractivity contribution >= 4 is 28.5 Å². The summed E-state index contributed by atoms with van der Waals surface area (Å²) in [5.41, 5.74) is 1.53. The largest absolute Gasteiger partial charge is 0.331 e. The number of likely N-dealkylation sites (tertiary alicyclic amines) is 1. The van der Waals surface area contributed by atoms with Crippen LogP contribution in [0.2, 0.25) is 0 Å². The molecular formula is C18H24N4O3. The summed E-state index contributed by atoms with van der Waals surface area (Å²) in [4.78, 5) is 43.5. The van der Waals surface area contributed by atoms with Crippen LogP contribution in [0.15, 0.2) is 23.0 Å². The first-order chi connectivity index (χ1) is 11.7. The summed E-state index contributed by atoms with van der Waals surface area (Å²) in [6.07, 6.45) is 1.93. The number of hydrogen-bond acceptors (Lipinski definition) is 3. The van der Waals surface area contributed by atoms with Crippen molar-refractivity contribution in [3.8, 4) is 0 Å². The topological polar surface area (TPSA) is 98.1 Å². The lowest BCUT2D eigenvalue weighted by molar-refractivity contribution is -0.138. The van der Waals surface area contributed by atoms with E-state index >= 15 is 0 Å². The highest BCUT2D eigenvalue weighted by molar-refractivity contribution is 5.98. The predicted octanol–water partition coefficient (Wildman–Crippen LogP) is 2.22. The van der Waals surface area contributed by atoms with Crippen LogP contribution in [0.25, 0.3) is 11.0 Å². The number of H-pyrrole nitrogens is 2. The number of rotatable bonds is 3. The van der Waals surface area contributed by atoms with Gasteiger partial charge in [0.05, 0.1) is 11.0 Å². The Morgan fingerprint density at radius 2 is 1.96 bits per heavy atom. The van der Waals surface area contributed by atoms with E-state index in [-0.39, 0.29) is 22.9 Å². The summed E-state index contributed by atoms with van der Waals surface area (Å²) in [7, 11) is 0. The van der Waals surface area contributed by atoms with Crippen LogP contribution in [0.3, 0.4) is 0 Å². The molecule has 7 heteroatoms. The molecule has 1 aliphatic rings. The highest BCUT2D eigenvalue weighted by Gasteiger charge is 2.35. The Morgan fingerprint density at radius 3 is 2.68 bits per heavy atom. The van der Waals surface area contributed by atoms with Crippen molar-refractivity contribution in [2.75, 3.05) is 11.9 Å². The summed E-state index contributed by atoms with van der Waals surface area (Å²) in [5.74, 6) is -0.160. The average Bonchev–Trinajstić information content (AvgIpc) is 3.10. The molecule has 3 N–H and O–H groups in total. The van der Waals surface area contributed by atoms with Crippen LogP contribution < -0.4 is 11.0 Å². The molecule has 0 radical (unpaired) electrons. The third kappa shape index (κ3) is 3.92. The maximum absolute atomic E-state index is 12.7. The average molecular weight is 344 g/mol. The van der Waals surface area contributed by atoms with Crippen molar-refractivity contribution < 1.29 is 9.59 Å². The van der Waals surface area contributed by atoms with E-state index in [1.54, 1.807) is 23.1 Å². The van der Waals surface area contributed by atoms with E-state index < -0.39 is 6.04 Å². The summed E-state index contributed by atoms with van der Waals surface area (Å²) >= 11 is 0. The lowest BCUT2D eigenvalue weighted by Gasteiger charge is -2.27. The second kappa shape index (κ2) is 6.38. The molecule has 0 bridgehead atoms. The standard InChI is InChI=1S/C18H24N4O3/c1-18(2,3)10-15(23)22-8-4-5-14(22)16(24)19-11-6-7-12-13(9-11)21-17(25)20-12/h6-7,9,14H,4-5,8,10H2,1-3H3,(H,19,24)(H2,20,21,25)/t14-/m1/s1. The van der Waals surface area contributed by atoms with Crippen molar-refractivity contribution in [1.82, 2.24) is 14.9 Å². The minimum Gasteiger partial charge on any atom is -0.331 e. The van der Waals surface area contributed by atoms with Gasteiger partial charge in [-0.15, -0.1) is 0 Å². The molecule has 0 aliphatic carbocycles. The fourth-order valence-electron chi connectivity index (χ4n) is 3.23. The number of aromatic amines is 2. The van der Waals surface area contributed by atoms with Gasteiger partial charge in [-0.1, -0.05) is 20.8 Å². The van der Waals surface area contributed by atoms with Crippen LogP contribution in [-0.4, -0.2) is 39.3 Å². The van der Waals surface area contributed by atoms with E-state index in [0.29, 0.717) is 36.1 Å². The Bertz CT molecular complexity index is 859. The number of nitrogens with zero attached hydrogens (tertiary/aromatic N) is 1. The van der Waals surface area contributed by atoms with E-state index in [0.717, 1.165) is 6.42 Å². The molecule has 1 aromatic heterocycles. The van der Waals surface area contributed by atoms with Crippen molar-refractivity contribution in [3.63, 3.8) is 0 Å². The highest BCUT2D eigenvalue weighted by Crippen LogP contribution is 2.25. The Hall–Kier alpha value is -2.57. The monoisotopic (exact) mass is 344 g/mol. The van der Waals surface area contributed by atoms with Gasteiger partial charge in [-0.3, -0.25) is 9.59 Å². The molecule has 2 amide bonds. The van der Waals surface area contributed by atoms with Crippen LogP contribution in [0, 0.1) is 5.41 Å². The second-order valence-electron chi connectivity index (χ2n) is 7.81. The first-order valence-corrected chi connectivity index (χ1v) is 8.55. The van der Waals surface area contributed by atoms with Crippen LogP contribution in [0.4, 0.5) is 5.69 Å². The molecule has 1 fully saturated rings. The van der Waals surface area contributed by atoms with Crippen LogP contribution >= 0.6 is 0 Å². The molecule has 25 heavy (non-hydrogen) atoms. The molecular weight excluding hydrogens is 320 g/mol. The van der Waals surface area contributed by atoms with Gasteiger partial charge in [0.1, 0.15) is 6.04 Å². The van der Waals surface area contributed by atoms with Gasteiger partial charge in [0.25, 0.3) is 0 Å². The number of nitrogens with one attached hydrogen (secondary N) is 3. The molecule has 2 aromatic rings. The van der Waals surface area contributed by atoms with E-state index in [2.05, 4.69) is 15.3 Å². The summed E-state index contributed by atoms with van der Waals surface area (Å²) in [6, 6.07) is 4.75. The van der Waals surface area contributed by atoms with Gasteiger partial charge in [0.15, 0.2) is 0 Å². The SMILES string of the molecule is CC(C)(C)CC(=O)N1CCC[C@@H]1C(=O)Nc1ccc2[nH]c(=O)[nH]c2c1. The van der Waals surface area contributed by atoms with Gasteiger partial charge >= 0.3 is 5.69 Å². The molecule has 134 valence electrons. The van der Waals surface area contributed by atoms with Gasteiger partial charge < -0.3 is 20.2 Å². The summed E-state index contributed by atoms with van der Waals surface area (Å²) in [6.45, 7) is 6.67.